The smallest absolute Gasteiger partial charge is 0.0826 e. The first-order valence-electron chi connectivity index (χ1n) is 7.71. The standard InChI is InChI=1S/C15H30N2O/c1-12(2)13-5-4-6-14(9-13)17-7-8-18-15(11-17)10-16-3/h12-16H,4-11H2,1-3H3. The fourth-order valence-electron chi connectivity index (χ4n) is 3.56. The first-order valence-corrected chi connectivity index (χ1v) is 7.71. The fourth-order valence-corrected chi connectivity index (χ4v) is 3.56. The molecule has 1 heterocycles. The molecule has 1 saturated carbocycles. The number of hydrogen-bond donors (Lipinski definition) is 1. The second-order valence-corrected chi connectivity index (χ2v) is 6.37. The molecule has 0 radical (unpaired) electrons. The Kier molecular flexibility index (Phi) is 5.46. The molecule has 0 aromatic heterocycles. The maximum atomic E-state index is 5.81. The second-order valence-electron chi connectivity index (χ2n) is 6.37. The molecule has 1 saturated heterocycles. The van der Waals surface area contributed by atoms with Crippen molar-refractivity contribution in [2.24, 2.45) is 11.8 Å². The average molecular weight is 254 g/mol. The Bertz CT molecular complexity index is 243. The highest BCUT2D eigenvalue weighted by molar-refractivity contribution is 4.85. The van der Waals surface area contributed by atoms with E-state index in [-0.39, 0.29) is 0 Å². The number of nitrogens with zero attached hydrogens (tertiary/aromatic N) is 1. The Morgan fingerprint density at radius 1 is 1.33 bits per heavy atom. The van der Waals surface area contributed by atoms with Gasteiger partial charge in [-0.25, -0.2) is 0 Å². The van der Waals surface area contributed by atoms with Crippen molar-refractivity contribution < 1.29 is 4.74 Å². The maximum Gasteiger partial charge on any atom is 0.0826 e. The van der Waals surface area contributed by atoms with Crippen LogP contribution in [0.3, 0.4) is 0 Å². The van der Waals surface area contributed by atoms with Crippen LogP contribution in [-0.2, 0) is 4.74 Å². The third-order valence-electron chi connectivity index (χ3n) is 4.75. The van der Waals surface area contributed by atoms with Crippen molar-refractivity contribution in [2.45, 2.75) is 51.7 Å². The van der Waals surface area contributed by atoms with E-state index in [1.807, 2.05) is 7.05 Å². The van der Waals surface area contributed by atoms with Crippen molar-refractivity contribution in [2.75, 3.05) is 33.3 Å². The quantitative estimate of drug-likeness (QED) is 0.832. The molecule has 106 valence electrons. The first kappa shape index (κ1) is 14.3. The fraction of sp³-hybridized carbons (Fsp3) is 1.00. The molecular formula is C15H30N2O. The topological polar surface area (TPSA) is 24.5 Å². The van der Waals surface area contributed by atoms with E-state index in [4.69, 9.17) is 4.74 Å². The summed E-state index contributed by atoms with van der Waals surface area (Å²) >= 11 is 0. The van der Waals surface area contributed by atoms with E-state index in [9.17, 15) is 0 Å². The Labute approximate surface area is 112 Å². The molecule has 2 fully saturated rings. The summed E-state index contributed by atoms with van der Waals surface area (Å²) in [5.41, 5.74) is 0. The summed E-state index contributed by atoms with van der Waals surface area (Å²) in [6, 6.07) is 0.814. The molecule has 3 nitrogen and oxygen atoms in total. The number of likely N-dealkylation sites (N-methyl/N-ethyl adjacent to an activating group) is 1. The van der Waals surface area contributed by atoms with E-state index < -0.39 is 0 Å². The van der Waals surface area contributed by atoms with Gasteiger partial charge in [0, 0.05) is 25.7 Å². The number of rotatable bonds is 4. The lowest BCUT2D eigenvalue weighted by atomic mass is 9.78. The molecule has 1 aliphatic heterocycles. The van der Waals surface area contributed by atoms with Crippen LogP contribution in [0, 0.1) is 11.8 Å². The predicted molar refractivity (Wildman–Crippen MR) is 75.8 cm³/mol. The summed E-state index contributed by atoms with van der Waals surface area (Å²) in [5.74, 6) is 1.79. The van der Waals surface area contributed by atoms with Crippen molar-refractivity contribution in [3.05, 3.63) is 0 Å². The summed E-state index contributed by atoms with van der Waals surface area (Å²) < 4.78 is 5.81. The summed E-state index contributed by atoms with van der Waals surface area (Å²) in [6.07, 6.45) is 6.06. The molecule has 0 aromatic carbocycles. The molecule has 1 N–H and O–H groups in total. The van der Waals surface area contributed by atoms with Crippen LogP contribution in [-0.4, -0.2) is 50.3 Å². The number of morpholine rings is 1. The van der Waals surface area contributed by atoms with Gasteiger partial charge in [-0.3, -0.25) is 4.90 Å². The molecule has 1 aliphatic carbocycles. The lowest BCUT2D eigenvalue weighted by molar-refractivity contribution is -0.0507. The summed E-state index contributed by atoms with van der Waals surface area (Å²) in [7, 11) is 2.01. The molecule has 18 heavy (non-hydrogen) atoms. The molecule has 0 bridgehead atoms. The molecular weight excluding hydrogens is 224 g/mol. The first-order chi connectivity index (χ1) is 8.70. The third-order valence-corrected chi connectivity index (χ3v) is 4.75. The third kappa shape index (κ3) is 3.69. The monoisotopic (exact) mass is 254 g/mol. The Morgan fingerprint density at radius 3 is 2.89 bits per heavy atom. The molecule has 3 heteroatoms. The van der Waals surface area contributed by atoms with E-state index >= 15 is 0 Å². The van der Waals surface area contributed by atoms with Crippen molar-refractivity contribution in [3.8, 4) is 0 Å². The van der Waals surface area contributed by atoms with E-state index in [2.05, 4.69) is 24.1 Å². The van der Waals surface area contributed by atoms with Gasteiger partial charge in [0.1, 0.15) is 0 Å². The summed E-state index contributed by atoms with van der Waals surface area (Å²) in [5, 5.41) is 3.24. The molecule has 0 aromatic rings. The largest absolute Gasteiger partial charge is 0.374 e. The lowest BCUT2D eigenvalue weighted by Gasteiger charge is -2.42. The minimum absolute atomic E-state index is 0.392. The van der Waals surface area contributed by atoms with Crippen molar-refractivity contribution in [3.63, 3.8) is 0 Å². The summed E-state index contributed by atoms with van der Waals surface area (Å²) in [6.45, 7) is 8.92. The zero-order chi connectivity index (χ0) is 13.0. The van der Waals surface area contributed by atoms with Crippen LogP contribution < -0.4 is 5.32 Å². The van der Waals surface area contributed by atoms with E-state index in [1.165, 1.54) is 25.7 Å². The van der Waals surface area contributed by atoms with Crippen molar-refractivity contribution in [1.29, 1.82) is 0 Å². The van der Waals surface area contributed by atoms with E-state index in [0.29, 0.717) is 6.10 Å². The number of hydrogen-bond acceptors (Lipinski definition) is 3. The van der Waals surface area contributed by atoms with Gasteiger partial charge in [-0.05, 0) is 31.7 Å². The molecule has 3 unspecified atom stereocenters. The lowest BCUT2D eigenvalue weighted by Crippen LogP contribution is -2.51. The number of ether oxygens (including phenoxy) is 1. The highest BCUT2D eigenvalue weighted by Crippen LogP contribution is 2.33. The Morgan fingerprint density at radius 2 is 2.17 bits per heavy atom. The van der Waals surface area contributed by atoms with Gasteiger partial charge in [-0.15, -0.1) is 0 Å². The van der Waals surface area contributed by atoms with Gasteiger partial charge >= 0.3 is 0 Å². The number of nitrogens with one attached hydrogen (secondary N) is 1. The van der Waals surface area contributed by atoms with Crippen LogP contribution >= 0.6 is 0 Å². The van der Waals surface area contributed by atoms with Gasteiger partial charge < -0.3 is 10.1 Å². The SMILES string of the molecule is CNCC1CN(C2CCCC(C(C)C)C2)CCO1. The maximum absolute atomic E-state index is 5.81. The molecule has 3 atom stereocenters. The Hall–Kier alpha value is -0.120. The van der Waals surface area contributed by atoms with Crippen molar-refractivity contribution in [1.82, 2.24) is 10.2 Å². The predicted octanol–water partition coefficient (Wildman–Crippen LogP) is 2.12. The molecule has 0 amide bonds. The van der Waals surface area contributed by atoms with Gasteiger partial charge in [0.25, 0.3) is 0 Å². The highest BCUT2D eigenvalue weighted by atomic mass is 16.5. The zero-order valence-corrected chi connectivity index (χ0v) is 12.3. The van der Waals surface area contributed by atoms with Gasteiger partial charge in [0.05, 0.1) is 12.7 Å². The van der Waals surface area contributed by atoms with Crippen LogP contribution in [0.5, 0.6) is 0 Å². The normalized spacial score (nSPS) is 35.0. The van der Waals surface area contributed by atoms with E-state index in [1.54, 1.807) is 0 Å². The van der Waals surface area contributed by atoms with Crippen LogP contribution in [0.2, 0.25) is 0 Å². The summed E-state index contributed by atoms with van der Waals surface area (Å²) in [4.78, 5) is 2.69. The molecule has 2 rings (SSSR count). The van der Waals surface area contributed by atoms with Crippen LogP contribution in [0.25, 0.3) is 0 Å². The van der Waals surface area contributed by atoms with E-state index in [0.717, 1.165) is 44.1 Å². The van der Waals surface area contributed by atoms with Crippen LogP contribution in [0.1, 0.15) is 39.5 Å². The average Bonchev–Trinajstić information content (AvgIpc) is 2.39. The minimum Gasteiger partial charge on any atom is -0.374 e. The van der Waals surface area contributed by atoms with Crippen LogP contribution in [0.4, 0.5) is 0 Å². The van der Waals surface area contributed by atoms with Crippen LogP contribution in [0.15, 0.2) is 0 Å². The zero-order valence-electron chi connectivity index (χ0n) is 12.3. The van der Waals surface area contributed by atoms with Gasteiger partial charge in [-0.1, -0.05) is 26.7 Å². The highest BCUT2D eigenvalue weighted by Gasteiger charge is 2.31. The van der Waals surface area contributed by atoms with Crippen molar-refractivity contribution >= 4 is 0 Å². The van der Waals surface area contributed by atoms with Gasteiger partial charge in [0.15, 0.2) is 0 Å². The second kappa shape index (κ2) is 6.88. The minimum atomic E-state index is 0.392. The molecule has 2 aliphatic rings. The van der Waals surface area contributed by atoms with Gasteiger partial charge in [0.2, 0.25) is 0 Å². The molecule has 0 spiro atoms. The Balaban J connectivity index is 1.86. The van der Waals surface area contributed by atoms with Gasteiger partial charge in [-0.2, -0.15) is 0 Å².